The molecule has 25 heavy (non-hydrogen) atoms. The molecule has 2 aromatic rings. The highest BCUT2D eigenvalue weighted by molar-refractivity contribution is 7.14. The van der Waals surface area contributed by atoms with Crippen LogP contribution in [0.3, 0.4) is 0 Å². The van der Waals surface area contributed by atoms with Crippen molar-refractivity contribution in [1.82, 2.24) is 9.88 Å². The van der Waals surface area contributed by atoms with Crippen LogP contribution in [0.2, 0.25) is 0 Å². The summed E-state index contributed by atoms with van der Waals surface area (Å²) >= 11 is 1.59. The number of hydrogen-bond acceptors (Lipinski definition) is 5. The molecule has 2 fully saturated rings. The van der Waals surface area contributed by atoms with Crippen molar-refractivity contribution in [3.8, 4) is 0 Å². The third-order valence-electron chi connectivity index (χ3n) is 4.88. The fourth-order valence-electron chi connectivity index (χ4n) is 3.48. The van der Waals surface area contributed by atoms with Gasteiger partial charge in [0.25, 0.3) is 5.91 Å². The minimum atomic E-state index is 0.158. The van der Waals surface area contributed by atoms with E-state index in [0.29, 0.717) is 6.04 Å². The number of thiophene rings is 1. The second kappa shape index (κ2) is 7.54. The molecule has 1 N–H and O–H groups in total. The zero-order valence-electron chi connectivity index (χ0n) is 14.2. The van der Waals surface area contributed by atoms with Crippen molar-refractivity contribution >= 4 is 23.1 Å². The molecule has 0 aliphatic carbocycles. The third kappa shape index (κ3) is 3.85. The molecular formula is C19H23N3O2S. The summed E-state index contributed by atoms with van der Waals surface area (Å²) in [5.41, 5.74) is 0. The number of aromatic nitrogens is 1. The number of pyridine rings is 1. The van der Waals surface area contributed by atoms with Crippen LogP contribution in [0.5, 0.6) is 0 Å². The average molecular weight is 357 g/mol. The largest absolute Gasteiger partial charge is 0.373 e. The lowest BCUT2D eigenvalue weighted by molar-refractivity contribution is 0.0723. The first-order chi connectivity index (χ1) is 12.3. The Labute approximate surface area is 152 Å². The number of anilines is 1. The van der Waals surface area contributed by atoms with Gasteiger partial charge in [0.15, 0.2) is 0 Å². The van der Waals surface area contributed by atoms with Crippen molar-refractivity contribution in [3.05, 3.63) is 46.3 Å². The molecule has 2 aromatic heterocycles. The van der Waals surface area contributed by atoms with Gasteiger partial charge in [-0.3, -0.25) is 4.79 Å². The van der Waals surface area contributed by atoms with E-state index in [0.717, 1.165) is 56.1 Å². The highest BCUT2D eigenvalue weighted by Gasteiger charge is 2.26. The number of piperidine rings is 1. The van der Waals surface area contributed by atoms with Gasteiger partial charge in [0, 0.05) is 36.8 Å². The van der Waals surface area contributed by atoms with E-state index < -0.39 is 0 Å². The monoisotopic (exact) mass is 357 g/mol. The van der Waals surface area contributed by atoms with Gasteiger partial charge in [-0.25, -0.2) is 4.98 Å². The molecule has 0 aromatic carbocycles. The Kier molecular flexibility index (Phi) is 4.99. The van der Waals surface area contributed by atoms with Crippen LogP contribution in [0.25, 0.3) is 0 Å². The summed E-state index contributed by atoms with van der Waals surface area (Å²) in [6, 6.07) is 10.3. The molecule has 6 heteroatoms. The van der Waals surface area contributed by atoms with E-state index in [1.54, 1.807) is 17.5 Å². The zero-order chi connectivity index (χ0) is 17.1. The molecule has 2 aliphatic heterocycles. The Morgan fingerprint density at radius 1 is 1.20 bits per heavy atom. The number of nitrogens with one attached hydrogen (secondary N) is 1. The van der Waals surface area contributed by atoms with E-state index in [9.17, 15) is 4.79 Å². The van der Waals surface area contributed by atoms with Crippen LogP contribution < -0.4 is 5.32 Å². The van der Waals surface area contributed by atoms with Crippen LogP contribution >= 0.6 is 11.3 Å². The van der Waals surface area contributed by atoms with Gasteiger partial charge >= 0.3 is 0 Å². The van der Waals surface area contributed by atoms with Crippen LogP contribution in [0.4, 0.5) is 5.82 Å². The Morgan fingerprint density at radius 2 is 2.08 bits per heavy atom. The fraction of sp³-hybridized carbons (Fsp3) is 0.474. The maximum atomic E-state index is 12.8. The van der Waals surface area contributed by atoms with E-state index in [-0.39, 0.29) is 12.0 Å². The average Bonchev–Trinajstić information content (AvgIpc) is 3.34. The summed E-state index contributed by atoms with van der Waals surface area (Å²) in [6.07, 6.45) is 6.07. The molecule has 2 aliphatic rings. The SMILES string of the molecule is O=C(c1ccc(C2CCCO2)s1)N1CCC(Nc2ccccn2)CC1. The van der Waals surface area contributed by atoms with Gasteiger partial charge < -0.3 is 15.0 Å². The molecule has 0 saturated carbocycles. The summed E-state index contributed by atoms with van der Waals surface area (Å²) in [5, 5.41) is 3.46. The zero-order valence-corrected chi connectivity index (χ0v) is 15.0. The number of likely N-dealkylation sites (tertiary alicyclic amines) is 1. The summed E-state index contributed by atoms with van der Waals surface area (Å²) in [7, 11) is 0. The van der Waals surface area contributed by atoms with Crippen molar-refractivity contribution in [3.63, 3.8) is 0 Å². The predicted octanol–water partition coefficient (Wildman–Crippen LogP) is 3.71. The smallest absolute Gasteiger partial charge is 0.263 e. The van der Waals surface area contributed by atoms with Crippen LogP contribution in [0.1, 0.15) is 46.3 Å². The lowest BCUT2D eigenvalue weighted by Crippen LogP contribution is -2.42. The quantitative estimate of drug-likeness (QED) is 0.906. The number of carbonyl (C=O) groups is 1. The molecule has 0 bridgehead atoms. The number of hydrogen-bond donors (Lipinski definition) is 1. The van der Waals surface area contributed by atoms with Crippen LogP contribution in [0, 0.1) is 0 Å². The van der Waals surface area contributed by atoms with Gasteiger partial charge in [0.2, 0.25) is 0 Å². The predicted molar refractivity (Wildman–Crippen MR) is 99.0 cm³/mol. The summed E-state index contributed by atoms with van der Waals surface area (Å²) in [5.74, 6) is 1.07. The molecule has 5 nitrogen and oxygen atoms in total. The van der Waals surface area contributed by atoms with E-state index >= 15 is 0 Å². The fourth-order valence-corrected chi connectivity index (χ4v) is 4.54. The highest BCUT2D eigenvalue weighted by Crippen LogP contribution is 2.34. The first kappa shape index (κ1) is 16.5. The molecule has 4 rings (SSSR count). The highest BCUT2D eigenvalue weighted by atomic mass is 32.1. The van der Waals surface area contributed by atoms with Crippen molar-refractivity contribution in [1.29, 1.82) is 0 Å². The standard InChI is InChI=1S/C19H23N3O2S/c23-19(17-7-6-16(25-17)15-4-3-13-24-15)22-11-8-14(9-12-22)21-18-5-1-2-10-20-18/h1-2,5-7,10,14-15H,3-4,8-9,11-13H2,(H,20,21). The van der Waals surface area contributed by atoms with Gasteiger partial charge in [0.1, 0.15) is 5.82 Å². The lowest BCUT2D eigenvalue weighted by Gasteiger charge is -2.32. The Bertz CT molecular complexity index is 704. The van der Waals surface area contributed by atoms with Gasteiger partial charge in [-0.15, -0.1) is 11.3 Å². The van der Waals surface area contributed by atoms with Crippen molar-refractivity contribution in [2.45, 2.75) is 37.8 Å². The van der Waals surface area contributed by atoms with Crippen LogP contribution in [0.15, 0.2) is 36.5 Å². The molecule has 0 radical (unpaired) electrons. The van der Waals surface area contributed by atoms with E-state index in [1.165, 1.54) is 4.88 Å². The Hall–Kier alpha value is -1.92. The van der Waals surface area contributed by atoms with Gasteiger partial charge in [-0.1, -0.05) is 6.07 Å². The molecule has 2 saturated heterocycles. The van der Waals surface area contributed by atoms with E-state index in [1.807, 2.05) is 29.2 Å². The Balaban J connectivity index is 1.32. The molecule has 1 amide bonds. The van der Waals surface area contributed by atoms with Crippen LogP contribution in [-0.2, 0) is 4.74 Å². The van der Waals surface area contributed by atoms with Gasteiger partial charge in [-0.05, 0) is 49.9 Å². The summed E-state index contributed by atoms with van der Waals surface area (Å²) in [6.45, 7) is 2.41. The molecule has 132 valence electrons. The molecule has 1 atom stereocenters. The Morgan fingerprint density at radius 3 is 2.80 bits per heavy atom. The number of ether oxygens (including phenoxy) is 1. The number of rotatable bonds is 4. The summed E-state index contributed by atoms with van der Waals surface area (Å²) < 4.78 is 5.72. The maximum absolute atomic E-state index is 12.8. The minimum absolute atomic E-state index is 0.158. The number of amides is 1. The van der Waals surface area contributed by atoms with Gasteiger partial charge in [-0.2, -0.15) is 0 Å². The van der Waals surface area contributed by atoms with E-state index in [2.05, 4.69) is 16.4 Å². The summed E-state index contributed by atoms with van der Waals surface area (Å²) in [4.78, 5) is 21.1. The molecule has 0 spiro atoms. The molecular weight excluding hydrogens is 334 g/mol. The lowest BCUT2D eigenvalue weighted by atomic mass is 10.0. The second-order valence-corrected chi connectivity index (χ2v) is 7.74. The van der Waals surface area contributed by atoms with Crippen molar-refractivity contribution < 1.29 is 9.53 Å². The molecule has 4 heterocycles. The third-order valence-corrected chi connectivity index (χ3v) is 6.05. The van der Waals surface area contributed by atoms with Crippen LogP contribution in [-0.4, -0.2) is 41.5 Å². The topological polar surface area (TPSA) is 54.5 Å². The van der Waals surface area contributed by atoms with Crippen molar-refractivity contribution in [2.75, 3.05) is 25.0 Å². The normalized spacial score (nSPS) is 21.4. The number of nitrogens with zero attached hydrogens (tertiary/aromatic N) is 2. The number of carbonyl (C=O) groups excluding carboxylic acids is 1. The molecule has 1 unspecified atom stereocenters. The minimum Gasteiger partial charge on any atom is -0.373 e. The van der Waals surface area contributed by atoms with E-state index in [4.69, 9.17) is 4.74 Å². The second-order valence-electron chi connectivity index (χ2n) is 6.63. The first-order valence-electron chi connectivity index (χ1n) is 8.98. The first-order valence-corrected chi connectivity index (χ1v) is 9.79. The van der Waals surface area contributed by atoms with Crippen molar-refractivity contribution in [2.24, 2.45) is 0 Å². The maximum Gasteiger partial charge on any atom is 0.263 e. The van der Waals surface area contributed by atoms with Gasteiger partial charge in [0.05, 0.1) is 11.0 Å².